The predicted octanol–water partition coefficient (Wildman–Crippen LogP) is 3.12. The molecule has 0 spiro atoms. The number of aliphatic imine (C=N–C) groups is 1. The van der Waals surface area contributed by atoms with Gasteiger partial charge in [-0.1, -0.05) is 24.3 Å². The van der Waals surface area contributed by atoms with Gasteiger partial charge in [0.2, 0.25) is 0 Å². The zero-order valence-electron chi connectivity index (χ0n) is 17.2. The SMILES string of the molecule is Cc1cccc(N=C2NC(=O)/C(=C/c3ccc(OCC(=O)N4CCOCC4)cc3)S2)c1. The number of aryl methyl sites for hydroxylation is 1. The number of carbonyl (C=O) groups is 2. The molecule has 2 fully saturated rings. The minimum atomic E-state index is -0.173. The van der Waals surface area contributed by atoms with E-state index in [4.69, 9.17) is 9.47 Å². The van der Waals surface area contributed by atoms with Gasteiger partial charge in [-0.3, -0.25) is 9.59 Å². The van der Waals surface area contributed by atoms with Crippen molar-refractivity contribution in [2.75, 3.05) is 32.9 Å². The van der Waals surface area contributed by atoms with Crippen molar-refractivity contribution in [2.24, 2.45) is 4.99 Å². The van der Waals surface area contributed by atoms with Crippen molar-refractivity contribution >= 4 is 40.5 Å². The van der Waals surface area contributed by atoms with Crippen molar-refractivity contribution in [1.82, 2.24) is 10.2 Å². The molecule has 7 nitrogen and oxygen atoms in total. The molecule has 0 saturated carbocycles. The Morgan fingerprint density at radius 2 is 2.00 bits per heavy atom. The maximum absolute atomic E-state index is 12.3. The summed E-state index contributed by atoms with van der Waals surface area (Å²) in [4.78, 5) is 31.3. The Labute approximate surface area is 185 Å². The van der Waals surface area contributed by atoms with Gasteiger partial charge in [0, 0.05) is 13.1 Å². The fraction of sp³-hybridized carbons (Fsp3) is 0.261. The van der Waals surface area contributed by atoms with Gasteiger partial charge < -0.3 is 19.7 Å². The van der Waals surface area contributed by atoms with E-state index in [2.05, 4.69) is 10.3 Å². The van der Waals surface area contributed by atoms with Crippen LogP contribution in [0.2, 0.25) is 0 Å². The van der Waals surface area contributed by atoms with Crippen LogP contribution in [-0.4, -0.2) is 54.8 Å². The number of amidine groups is 1. The summed E-state index contributed by atoms with van der Waals surface area (Å²) in [7, 11) is 0. The number of benzene rings is 2. The molecule has 0 unspecified atom stereocenters. The lowest BCUT2D eigenvalue weighted by molar-refractivity contribution is -0.137. The molecule has 2 saturated heterocycles. The molecule has 2 aliphatic heterocycles. The molecule has 0 aromatic heterocycles. The summed E-state index contributed by atoms with van der Waals surface area (Å²) >= 11 is 1.31. The maximum Gasteiger partial charge on any atom is 0.264 e. The van der Waals surface area contributed by atoms with Crippen LogP contribution < -0.4 is 10.1 Å². The molecule has 0 bridgehead atoms. The summed E-state index contributed by atoms with van der Waals surface area (Å²) < 4.78 is 10.9. The second-order valence-corrected chi connectivity index (χ2v) is 8.20. The second kappa shape index (κ2) is 9.80. The number of nitrogens with zero attached hydrogens (tertiary/aromatic N) is 2. The van der Waals surface area contributed by atoms with Crippen molar-refractivity contribution in [2.45, 2.75) is 6.92 Å². The fourth-order valence-electron chi connectivity index (χ4n) is 3.16. The number of amides is 2. The van der Waals surface area contributed by atoms with E-state index in [0.29, 0.717) is 42.1 Å². The van der Waals surface area contributed by atoms with Crippen molar-refractivity contribution < 1.29 is 19.1 Å². The number of thioether (sulfide) groups is 1. The monoisotopic (exact) mass is 437 g/mol. The van der Waals surface area contributed by atoms with E-state index in [0.717, 1.165) is 16.8 Å². The van der Waals surface area contributed by atoms with Crippen LogP contribution in [0.5, 0.6) is 5.75 Å². The van der Waals surface area contributed by atoms with Gasteiger partial charge in [0.15, 0.2) is 11.8 Å². The van der Waals surface area contributed by atoms with Crippen molar-refractivity contribution in [3.8, 4) is 5.75 Å². The van der Waals surface area contributed by atoms with Crippen molar-refractivity contribution in [3.05, 3.63) is 64.6 Å². The van der Waals surface area contributed by atoms with Crippen LogP contribution in [0.3, 0.4) is 0 Å². The van der Waals surface area contributed by atoms with Crippen LogP contribution in [0.4, 0.5) is 5.69 Å². The van der Waals surface area contributed by atoms with E-state index < -0.39 is 0 Å². The number of rotatable bonds is 5. The molecular weight excluding hydrogens is 414 g/mol. The lowest BCUT2D eigenvalue weighted by Crippen LogP contribution is -2.42. The summed E-state index contributed by atoms with van der Waals surface area (Å²) in [5.41, 5.74) is 2.78. The van der Waals surface area contributed by atoms with E-state index in [1.165, 1.54) is 11.8 Å². The van der Waals surface area contributed by atoms with E-state index in [9.17, 15) is 9.59 Å². The van der Waals surface area contributed by atoms with Gasteiger partial charge in [0.05, 0.1) is 23.8 Å². The van der Waals surface area contributed by atoms with Crippen molar-refractivity contribution in [1.29, 1.82) is 0 Å². The quantitative estimate of drug-likeness (QED) is 0.727. The fourth-order valence-corrected chi connectivity index (χ4v) is 4.00. The van der Waals surface area contributed by atoms with E-state index in [-0.39, 0.29) is 18.4 Å². The van der Waals surface area contributed by atoms with Gasteiger partial charge >= 0.3 is 0 Å². The van der Waals surface area contributed by atoms with Crippen LogP contribution in [0.25, 0.3) is 6.08 Å². The molecule has 8 heteroatoms. The molecule has 2 aliphatic rings. The normalized spacial score (nSPS) is 19.0. The highest BCUT2D eigenvalue weighted by atomic mass is 32.2. The highest BCUT2D eigenvalue weighted by Gasteiger charge is 2.23. The number of nitrogens with one attached hydrogen (secondary N) is 1. The maximum atomic E-state index is 12.3. The first-order valence-corrected chi connectivity index (χ1v) is 10.8. The van der Waals surface area contributed by atoms with E-state index >= 15 is 0 Å². The third-order valence-corrected chi connectivity index (χ3v) is 5.70. The zero-order chi connectivity index (χ0) is 21.6. The summed E-state index contributed by atoms with van der Waals surface area (Å²) in [6.45, 7) is 4.34. The molecule has 0 aliphatic carbocycles. The molecular formula is C23H23N3O4S. The first kappa shape index (κ1) is 21.1. The Bertz CT molecular complexity index is 1030. The predicted molar refractivity (Wildman–Crippen MR) is 121 cm³/mol. The molecule has 2 heterocycles. The van der Waals surface area contributed by atoms with Crippen LogP contribution in [0.15, 0.2) is 58.4 Å². The summed E-state index contributed by atoms with van der Waals surface area (Å²) in [5.74, 6) is 0.385. The topological polar surface area (TPSA) is 80.2 Å². The summed E-state index contributed by atoms with van der Waals surface area (Å²) in [5, 5.41) is 3.36. The van der Waals surface area contributed by atoms with Gasteiger partial charge in [-0.05, 0) is 60.2 Å². The minimum absolute atomic E-state index is 0.00250. The third-order valence-electron chi connectivity index (χ3n) is 4.79. The average molecular weight is 438 g/mol. The number of carbonyl (C=O) groups excluding carboxylic acids is 2. The van der Waals surface area contributed by atoms with Crippen LogP contribution in [0.1, 0.15) is 11.1 Å². The molecule has 2 aromatic rings. The first-order chi connectivity index (χ1) is 15.1. The third kappa shape index (κ3) is 5.74. The highest BCUT2D eigenvalue weighted by molar-refractivity contribution is 8.18. The minimum Gasteiger partial charge on any atom is -0.484 e. The first-order valence-electron chi connectivity index (χ1n) is 10.0. The number of ether oxygens (including phenoxy) is 2. The molecule has 0 radical (unpaired) electrons. The number of hydrogen-bond donors (Lipinski definition) is 1. The largest absolute Gasteiger partial charge is 0.484 e. The summed E-state index contributed by atoms with van der Waals surface area (Å²) in [6.07, 6.45) is 1.81. The van der Waals surface area contributed by atoms with E-state index in [1.54, 1.807) is 23.1 Å². The second-order valence-electron chi connectivity index (χ2n) is 7.17. The number of hydrogen-bond acceptors (Lipinski definition) is 6. The number of morpholine rings is 1. The zero-order valence-corrected chi connectivity index (χ0v) is 18.0. The molecule has 31 heavy (non-hydrogen) atoms. The van der Waals surface area contributed by atoms with Gasteiger partial charge in [-0.15, -0.1) is 0 Å². The Morgan fingerprint density at radius 3 is 2.74 bits per heavy atom. The molecule has 4 rings (SSSR count). The van der Waals surface area contributed by atoms with Crippen LogP contribution in [0, 0.1) is 6.92 Å². The van der Waals surface area contributed by atoms with Gasteiger partial charge in [0.25, 0.3) is 11.8 Å². The lowest BCUT2D eigenvalue weighted by Gasteiger charge is -2.26. The van der Waals surface area contributed by atoms with Crippen LogP contribution >= 0.6 is 11.8 Å². The van der Waals surface area contributed by atoms with E-state index in [1.807, 2.05) is 43.3 Å². The Hall–Kier alpha value is -3.10. The Balaban J connectivity index is 1.35. The van der Waals surface area contributed by atoms with Crippen LogP contribution in [-0.2, 0) is 14.3 Å². The Kier molecular flexibility index (Phi) is 6.69. The summed E-state index contributed by atoms with van der Waals surface area (Å²) in [6, 6.07) is 15.1. The van der Waals surface area contributed by atoms with Gasteiger partial charge in [-0.2, -0.15) is 0 Å². The average Bonchev–Trinajstić information content (AvgIpc) is 3.12. The molecule has 160 valence electrons. The van der Waals surface area contributed by atoms with Crippen molar-refractivity contribution in [3.63, 3.8) is 0 Å². The molecule has 1 N–H and O–H groups in total. The smallest absolute Gasteiger partial charge is 0.264 e. The van der Waals surface area contributed by atoms with Gasteiger partial charge in [0.1, 0.15) is 5.75 Å². The highest BCUT2D eigenvalue weighted by Crippen LogP contribution is 2.28. The van der Waals surface area contributed by atoms with Gasteiger partial charge in [-0.25, -0.2) is 4.99 Å². The standard InChI is InChI=1S/C23H23N3O4S/c1-16-3-2-4-18(13-16)24-23-25-22(28)20(31-23)14-17-5-7-19(8-6-17)30-15-21(27)26-9-11-29-12-10-26/h2-8,13-14H,9-12,15H2,1H3,(H,24,25,28)/b20-14-. The molecule has 2 aromatic carbocycles. The molecule has 2 amide bonds. The lowest BCUT2D eigenvalue weighted by atomic mass is 10.2. The Morgan fingerprint density at radius 1 is 1.23 bits per heavy atom. The molecule has 0 atom stereocenters.